The number of fused-ring (bicyclic) bond motifs is 3. The Bertz CT molecular complexity index is 949. The largest absolute Gasteiger partial charge is 0.495 e. The molecule has 34 heavy (non-hydrogen) atoms. The van der Waals surface area contributed by atoms with Gasteiger partial charge in [0.1, 0.15) is 0 Å². The van der Waals surface area contributed by atoms with Crippen LogP contribution in [0.4, 0.5) is 0 Å². The molecule has 1 saturated heterocycles. The molecule has 0 amide bonds. The van der Waals surface area contributed by atoms with Gasteiger partial charge in [-0.05, 0) is 68.3 Å². The highest BCUT2D eigenvalue weighted by molar-refractivity contribution is 6.63. The number of hydrogen-bond donors (Lipinski definition) is 0. The highest BCUT2D eigenvalue weighted by Crippen LogP contribution is 2.54. The minimum Gasteiger partial charge on any atom is -0.399 e. The summed E-state index contributed by atoms with van der Waals surface area (Å²) in [6.07, 6.45) is 12.8. The van der Waals surface area contributed by atoms with E-state index in [0.717, 1.165) is 0 Å². The van der Waals surface area contributed by atoms with Crippen LogP contribution < -0.4 is 5.46 Å². The van der Waals surface area contributed by atoms with Crippen molar-refractivity contribution < 1.29 is 9.31 Å². The molecule has 0 radical (unpaired) electrons. The molecule has 1 aliphatic carbocycles. The van der Waals surface area contributed by atoms with E-state index in [1.54, 1.807) is 0 Å². The van der Waals surface area contributed by atoms with Crippen LogP contribution in [-0.2, 0) is 14.7 Å². The molecule has 2 nitrogen and oxygen atoms in total. The average Bonchev–Trinajstić information content (AvgIpc) is 3.22. The van der Waals surface area contributed by atoms with Crippen molar-refractivity contribution >= 4 is 12.6 Å². The molecule has 184 valence electrons. The molecule has 3 heteroatoms. The van der Waals surface area contributed by atoms with E-state index < -0.39 is 0 Å². The molecule has 2 aliphatic rings. The molecule has 0 saturated carbocycles. The molecular weight excluding hydrogens is 415 g/mol. The smallest absolute Gasteiger partial charge is 0.399 e. The molecule has 2 aromatic rings. The Hall–Kier alpha value is -1.58. The minimum atomic E-state index is -0.337. The van der Waals surface area contributed by atoms with Gasteiger partial charge in [-0.25, -0.2) is 0 Å². The number of unbranched alkanes of at least 4 members (excludes halogenated alkanes) is 6. The normalized spacial score (nSPS) is 19.3. The van der Waals surface area contributed by atoms with Gasteiger partial charge in [-0.3, -0.25) is 0 Å². The molecule has 1 aliphatic heterocycles. The van der Waals surface area contributed by atoms with E-state index in [4.69, 9.17) is 9.31 Å². The lowest BCUT2D eigenvalue weighted by Crippen LogP contribution is -2.41. The van der Waals surface area contributed by atoms with Crippen molar-refractivity contribution in [2.45, 2.75) is 122 Å². The summed E-state index contributed by atoms with van der Waals surface area (Å²) in [4.78, 5) is 0. The molecule has 0 spiro atoms. The summed E-state index contributed by atoms with van der Waals surface area (Å²) < 4.78 is 13.3. The van der Waals surface area contributed by atoms with Gasteiger partial charge in [-0.15, -0.1) is 0 Å². The fourth-order valence-electron chi connectivity index (χ4n) is 6.12. The lowest BCUT2D eigenvalue weighted by molar-refractivity contribution is 0.00578. The Morgan fingerprint density at radius 1 is 0.647 bits per heavy atom. The number of benzene rings is 2. The van der Waals surface area contributed by atoms with Crippen molar-refractivity contribution in [1.29, 1.82) is 0 Å². The van der Waals surface area contributed by atoms with Crippen LogP contribution in [0.25, 0.3) is 11.1 Å². The van der Waals surface area contributed by atoms with Gasteiger partial charge in [0.2, 0.25) is 0 Å². The van der Waals surface area contributed by atoms with Crippen LogP contribution in [0.1, 0.15) is 117 Å². The molecule has 0 N–H and O–H groups in total. The van der Waals surface area contributed by atoms with Crippen LogP contribution in [0.3, 0.4) is 0 Å². The summed E-state index contributed by atoms with van der Waals surface area (Å²) >= 11 is 0. The van der Waals surface area contributed by atoms with Gasteiger partial charge in [0, 0.05) is 5.41 Å². The quantitative estimate of drug-likeness (QED) is 0.249. The van der Waals surface area contributed by atoms with E-state index in [1.165, 1.54) is 91.9 Å². The van der Waals surface area contributed by atoms with E-state index in [0.29, 0.717) is 0 Å². The second kappa shape index (κ2) is 10.2. The zero-order valence-corrected chi connectivity index (χ0v) is 22.5. The molecule has 1 heterocycles. The summed E-state index contributed by atoms with van der Waals surface area (Å²) in [7, 11) is -0.320. The first kappa shape index (κ1) is 25.5. The Balaban J connectivity index is 1.82. The zero-order chi connectivity index (χ0) is 24.4. The first-order chi connectivity index (χ1) is 16.3. The van der Waals surface area contributed by atoms with E-state index in [9.17, 15) is 0 Å². The van der Waals surface area contributed by atoms with Gasteiger partial charge in [-0.2, -0.15) is 0 Å². The third-order valence-corrected chi connectivity index (χ3v) is 8.73. The summed E-state index contributed by atoms with van der Waals surface area (Å²) in [5.41, 5.74) is 6.46. The SMILES string of the molecule is CCCCCCC1(CCCCCC)c2ccccc2-c2cccc(B3OC(C)(C)C(C)(C)O3)c21. The van der Waals surface area contributed by atoms with Crippen molar-refractivity contribution in [2.24, 2.45) is 0 Å². The van der Waals surface area contributed by atoms with Crippen molar-refractivity contribution in [3.05, 3.63) is 53.6 Å². The Morgan fingerprint density at radius 2 is 1.21 bits per heavy atom. The maximum Gasteiger partial charge on any atom is 0.495 e. The van der Waals surface area contributed by atoms with Gasteiger partial charge in [0.15, 0.2) is 0 Å². The van der Waals surface area contributed by atoms with E-state index in [2.05, 4.69) is 84.0 Å². The van der Waals surface area contributed by atoms with Crippen molar-refractivity contribution in [3.63, 3.8) is 0 Å². The second-order valence-electron chi connectivity index (χ2n) is 11.6. The standard InChI is InChI=1S/C31H45BO2/c1-7-9-11-15-22-31(23-16-12-10-8-2)26-20-14-13-18-24(26)25-19-17-21-27(28(25)31)32-33-29(3,4)30(5,6)34-32/h13-14,17-21H,7-12,15-16,22-23H2,1-6H3. The Kier molecular flexibility index (Phi) is 7.65. The van der Waals surface area contributed by atoms with Crippen LogP contribution in [0, 0.1) is 0 Å². The molecule has 4 rings (SSSR count). The molecule has 0 atom stereocenters. The first-order valence-electron chi connectivity index (χ1n) is 13.9. The maximum absolute atomic E-state index is 6.63. The summed E-state index contributed by atoms with van der Waals surface area (Å²) in [6, 6.07) is 16.0. The van der Waals surface area contributed by atoms with Crippen molar-refractivity contribution in [3.8, 4) is 11.1 Å². The molecular formula is C31H45BO2. The fourth-order valence-corrected chi connectivity index (χ4v) is 6.12. The van der Waals surface area contributed by atoms with Crippen LogP contribution in [0.15, 0.2) is 42.5 Å². The van der Waals surface area contributed by atoms with Crippen LogP contribution in [0.5, 0.6) is 0 Å². The number of rotatable bonds is 11. The van der Waals surface area contributed by atoms with E-state index in [-0.39, 0.29) is 23.7 Å². The third kappa shape index (κ3) is 4.51. The summed E-state index contributed by atoms with van der Waals surface area (Å²) in [5.74, 6) is 0. The third-order valence-electron chi connectivity index (χ3n) is 8.73. The minimum absolute atomic E-state index is 0.0492. The van der Waals surface area contributed by atoms with Gasteiger partial charge < -0.3 is 9.31 Å². The number of hydrogen-bond acceptors (Lipinski definition) is 2. The van der Waals surface area contributed by atoms with Gasteiger partial charge >= 0.3 is 7.12 Å². The highest BCUT2D eigenvalue weighted by Gasteiger charge is 2.54. The highest BCUT2D eigenvalue weighted by atomic mass is 16.7. The maximum atomic E-state index is 6.63. The second-order valence-corrected chi connectivity index (χ2v) is 11.6. The monoisotopic (exact) mass is 460 g/mol. The van der Waals surface area contributed by atoms with Crippen molar-refractivity contribution in [2.75, 3.05) is 0 Å². The van der Waals surface area contributed by atoms with Crippen LogP contribution >= 0.6 is 0 Å². The first-order valence-corrected chi connectivity index (χ1v) is 13.9. The lowest BCUT2D eigenvalue weighted by atomic mass is 9.63. The molecule has 0 aromatic heterocycles. The fraction of sp³-hybridized carbons (Fsp3) is 0.613. The topological polar surface area (TPSA) is 18.5 Å². The van der Waals surface area contributed by atoms with Gasteiger partial charge in [0.05, 0.1) is 11.2 Å². The molecule has 1 fully saturated rings. The van der Waals surface area contributed by atoms with E-state index in [1.807, 2.05) is 0 Å². The molecule has 0 bridgehead atoms. The lowest BCUT2D eigenvalue weighted by Gasteiger charge is -2.35. The molecule has 2 aromatic carbocycles. The summed E-state index contributed by atoms with van der Waals surface area (Å²) in [6.45, 7) is 13.2. The van der Waals surface area contributed by atoms with Crippen LogP contribution in [-0.4, -0.2) is 18.3 Å². The van der Waals surface area contributed by atoms with Crippen molar-refractivity contribution in [1.82, 2.24) is 0 Å². The average molecular weight is 461 g/mol. The summed E-state index contributed by atoms with van der Waals surface area (Å²) in [5, 5.41) is 0. The van der Waals surface area contributed by atoms with Gasteiger partial charge in [-0.1, -0.05) is 108 Å². The van der Waals surface area contributed by atoms with E-state index >= 15 is 0 Å². The predicted octanol–water partition coefficient (Wildman–Crippen LogP) is 8.19. The Labute approximate surface area is 209 Å². The zero-order valence-electron chi connectivity index (χ0n) is 22.5. The predicted molar refractivity (Wildman–Crippen MR) is 146 cm³/mol. The Morgan fingerprint density at radius 3 is 1.79 bits per heavy atom. The molecule has 0 unspecified atom stereocenters. The van der Waals surface area contributed by atoms with Crippen LogP contribution in [0.2, 0.25) is 0 Å². The van der Waals surface area contributed by atoms with Gasteiger partial charge in [0.25, 0.3) is 0 Å².